The van der Waals surface area contributed by atoms with Gasteiger partial charge in [-0.3, -0.25) is 9.89 Å². The van der Waals surface area contributed by atoms with Crippen LogP contribution in [0.4, 0.5) is 11.4 Å². The SMILES string of the molecule is CNC(=O)c1ccc(N)cc1NCc1ncn[nH]1. The third kappa shape index (κ3) is 2.57. The van der Waals surface area contributed by atoms with E-state index < -0.39 is 0 Å². The second-order valence-electron chi connectivity index (χ2n) is 3.67. The fourth-order valence-corrected chi connectivity index (χ4v) is 1.54. The number of aromatic nitrogens is 3. The number of carbonyl (C=O) groups is 1. The number of aromatic amines is 1. The molecular formula is C11H14N6O. The molecule has 0 saturated carbocycles. The summed E-state index contributed by atoms with van der Waals surface area (Å²) in [6.07, 6.45) is 1.43. The lowest BCUT2D eigenvalue weighted by molar-refractivity contribution is 0.0964. The molecule has 1 aromatic heterocycles. The number of hydrogen-bond donors (Lipinski definition) is 4. The number of benzene rings is 1. The molecule has 0 aliphatic carbocycles. The van der Waals surface area contributed by atoms with Gasteiger partial charge in [0.05, 0.1) is 12.1 Å². The van der Waals surface area contributed by atoms with E-state index in [1.54, 1.807) is 25.2 Å². The zero-order chi connectivity index (χ0) is 13.0. The minimum absolute atomic E-state index is 0.171. The van der Waals surface area contributed by atoms with Gasteiger partial charge in [0.1, 0.15) is 12.2 Å². The van der Waals surface area contributed by atoms with Gasteiger partial charge in [-0.05, 0) is 18.2 Å². The quantitative estimate of drug-likeness (QED) is 0.582. The predicted molar refractivity (Wildman–Crippen MR) is 68.0 cm³/mol. The second kappa shape index (κ2) is 5.17. The first-order chi connectivity index (χ1) is 8.70. The molecule has 0 aliphatic heterocycles. The van der Waals surface area contributed by atoms with Crippen LogP contribution in [0.15, 0.2) is 24.5 Å². The Morgan fingerprint density at radius 2 is 2.33 bits per heavy atom. The number of amides is 1. The van der Waals surface area contributed by atoms with Crippen LogP contribution in [-0.2, 0) is 6.54 Å². The first kappa shape index (κ1) is 11.9. The monoisotopic (exact) mass is 246 g/mol. The van der Waals surface area contributed by atoms with Crippen LogP contribution in [-0.4, -0.2) is 28.1 Å². The number of nitrogen functional groups attached to an aromatic ring is 1. The molecule has 0 bridgehead atoms. The van der Waals surface area contributed by atoms with Crippen LogP contribution in [0, 0.1) is 0 Å². The average molecular weight is 246 g/mol. The molecule has 0 spiro atoms. The maximum absolute atomic E-state index is 11.7. The van der Waals surface area contributed by atoms with Crippen molar-refractivity contribution in [2.24, 2.45) is 0 Å². The smallest absolute Gasteiger partial charge is 0.253 e. The number of rotatable bonds is 4. The molecule has 0 unspecified atom stereocenters. The summed E-state index contributed by atoms with van der Waals surface area (Å²) < 4.78 is 0. The maximum Gasteiger partial charge on any atom is 0.253 e. The number of nitrogens with one attached hydrogen (secondary N) is 3. The van der Waals surface area contributed by atoms with Gasteiger partial charge in [-0.2, -0.15) is 5.10 Å². The molecule has 1 amide bonds. The van der Waals surface area contributed by atoms with Gasteiger partial charge in [0.15, 0.2) is 0 Å². The Balaban J connectivity index is 2.19. The summed E-state index contributed by atoms with van der Waals surface area (Å²) in [5.41, 5.74) is 7.49. The van der Waals surface area contributed by atoms with Crippen molar-refractivity contribution in [1.82, 2.24) is 20.5 Å². The van der Waals surface area contributed by atoms with Crippen LogP contribution >= 0.6 is 0 Å². The van der Waals surface area contributed by atoms with Crippen molar-refractivity contribution in [2.45, 2.75) is 6.54 Å². The van der Waals surface area contributed by atoms with Crippen molar-refractivity contribution in [2.75, 3.05) is 18.1 Å². The van der Waals surface area contributed by atoms with E-state index in [0.29, 0.717) is 29.3 Å². The summed E-state index contributed by atoms with van der Waals surface area (Å²) in [6, 6.07) is 5.07. The minimum Gasteiger partial charge on any atom is -0.399 e. The number of anilines is 2. The first-order valence-electron chi connectivity index (χ1n) is 5.40. The number of nitrogens with zero attached hydrogens (tertiary/aromatic N) is 2. The van der Waals surface area contributed by atoms with Crippen molar-refractivity contribution in [3.05, 3.63) is 35.9 Å². The number of hydrogen-bond acceptors (Lipinski definition) is 5. The van der Waals surface area contributed by atoms with Crippen LogP contribution in [0.25, 0.3) is 0 Å². The number of carbonyl (C=O) groups excluding carboxylic acids is 1. The third-order valence-electron chi connectivity index (χ3n) is 2.43. The van der Waals surface area contributed by atoms with Crippen molar-refractivity contribution in [3.63, 3.8) is 0 Å². The van der Waals surface area contributed by atoms with Crippen molar-refractivity contribution in [3.8, 4) is 0 Å². The lowest BCUT2D eigenvalue weighted by Crippen LogP contribution is -2.20. The van der Waals surface area contributed by atoms with Crippen molar-refractivity contribution < 1.29 is 4.79 Å². The normalized spacial score (nSPS) is 10.1. The lowest BCUT2D eigenvalue weighted by Gasteiger charge is -2.10. The Bertz CT molecular complexity index is 536. The molecular weight excluding hydrogens is 232 g/mol. The number of nitrogens with two attached hydrogens (primary N) is 1. The molecule has 0 radical (unpaired) electrons. The van der Waals surface area contributed by atoms with Crippen molar-refractivity contribution >= 4 is 17.3 Å². The molecule has 5 N–H and O–H groups in total. The molecule has 2 rings (SSSR count). The molecule has 7 nitrogen and oxygen atoms in total. The van der Waals surface area contributed by atoms with Gasteiger partial charge < -0.3 is 16.4 Å². The summed E-state index contributed by atoms with van der Waals surface area (Å²) in [7, 11) is 1.58. The second-order valence-corrected chi connectivity index (χ2v) is 3.67. The summed E-state index contributed by atoms with van der Waals surface area (Å²) in [4.78, 5) is 15.7. The molecule has 0 atom stereocenters. The summed E-state index contributed by atoms with van der Waals surface area (Å²) in [5.74, 6) is 0.510. The molecule has 94 valence electrons. The Morgan fingerprint density at radius 3 is 3.00 bits per heavy atom. The highest BCUT2D eigenvalue weighted by molar-refractivity contribution is 6.00. The highest BCUT2D eigenvalue weighted by Crippen LogP contribution is 2.19. The van der Waals surface area contributed by atoms with E-state index in [9.17, 15) is 4.79 Å². The van der Waals surface area contributed by atoms with E-state index >= 15 is 0 Å². The molecule has 0 fully saturated rings. The van der Waals surface area contributed by atoms with Gasteiger partial charge in [0.25, 0.3) is 5.91 Å². The Labute approximate surface area is 104 Å². The van der Waals surface area contributed by atoms with Crippen LogP contribution < -0.4 is 16.4 Å². The fourth-order valence-electron chi connectivity index (χ4n) is 1.54. The zero-order valence-corrected chi connectivity index (χ0v) is 9.90. The minimum atomic E-state index is -0.171. The number of H-pyrrole nitrogens is 1. The first-order valence-corrected chi connectivity index (χ1v) is 5.40. The largest absolute Gasteiger partial charge is 0.399 e. The van der Waals surface area contributed by atoms with Crippen LogP contribution in [0.5, 0.6) is 0 Å². The molecule has 0 saturated heterocycles. The molecule has 1 heterocycles. The van der Waals surface area contributed by atoms with E-state index in [1.165, 1.54) is 6.33 Å². The molecule has 0 aliphatic rings. The topological polar surface area (TPSA) is 109 Å². The summed E-state index contributed by atoms with van der Waals surface area (Å²) in [6.45, 7) is 0.438. The summed E-state index contributed by atoms with van der Waals surface area (Å²) in [5, 5.41) is 12.2. The summed E-state index contributed by atoms with van der Waals surface area (Å²) >= 11 is 0. The van der Waals surface area contributed by atoms with Gasteiger partial charge in [0, 0.05) is 18.4 Å². The van der Waals surface area contributed by atoms with Crippen LogP contribution in [0.3, 0.4) is 0 Å². The van der Waals surface area contributed by atoms with E-state index in [0.717, 1.165) is 0 Å². The lowest BCUT2D eigenvalue weighted by atomic mass is 10.1. The van der Waals surface area contributed by atoms with Crippen molar-refractivity contribution in [1.29, 1.82) is 0 Å². The predicted octanol–water partition coefficient (Wildman–Crippen LogP) is 0.359. The fraction of sp³-hybridized carbons (Fsp3) is 0.182. The Kier molecular flexibility index (Phi) is 3.42. The van der Waals surface area contributed by atoms with Gasteiger partial charge in [-0.25, -0.2) is 4.98 Å². The standard InChI is InChI=1S/C11H14N6O/c1-13-11(18)8-3-2-7(12)4-9(8)14-5-10-15-6-16-17-10/h2-4,6,14H,5,12H2,1H3,(H,13,18)(H,15,16,17). The molecule has 2 aromatic rings. The van der Waals surface area contributed by atoms with E-state index in [1.807, 2.05) is 0 Å². The third-order valence-corrected chi connectivity index (χ3v) is 2.43. The van der Waals surface area contributed by atoms with E-state index in [-0.39, 0.29) is 5.91 Å². The Morgan fingerprint density at radius 1 is 1.50 bits per heavy atom. The molecule has 7 heteroatoms. The Hall–Kier alpha value is -2.57. The van der Waals surface area contributed by atoms with E-state index in [4.69, 9.17) is 5.73 Å². The van der Waals surface area contributed by atoms with Gasteiger partial charge >= 0.3 is 0 Å². The van der Waals surface area contributed by atoms with Gasteiger partial charge in [-0.15, -0.1) is 0 Å². The maximum atomic E-state index is 11.7. The highest BCUT2D eigenvalue weighted by atomic mass is 16.1. The zero-order valence-electron chi connectivity index (χ0n) is 9.90. The average Bonchev–Trinajstić information content (AvgIpc) is 2.88. The van der Waals surface area contributed by atoms with Crippen LogP contribution in [0.1, 0.15) is 16.2 Å². The molecule has 18 heavy (non-hydrogen) atoms. The highest BCUT2D eigenvalue weighted by Gasteiger charge is 2.10. The van der Waals surface area contributed by atoms with Gasteiger partial charge in [0.2, 0.25) is 0 Å². The van der Waals surface area contributed by atoms with Crippen LogP contribution in [0.2, 0.25) is 0 Å². The molecule has 1 aromatic carbocycles. The van der Waals surface area contributed by atoms with Gasteiger partial charge in [-0.1, -0.05) is 0 Å². The van der Waals surface area contributed by atoms with E-state index in [2.05, 4.69) is 25.8 Å².